The number of cyclic esters (lactones) is 2. The summed E-state index contributed by atoms with van der Waals surface area (Å²) in [6.45, 7) is 0. The first-order valence-corrected chi connectivity index (χ1v) is 11.3. The third kappa shape index (κ3) is 1.81. The van der Waals surface area contributed by atoms with Crippen molar-refractivity contribution in [1.82, 2.24) is 4.98 Å². The number of carbonyl (C=O) groups is 2. The number of rotatable bonds is 1. The van der Waals surface area contributed by atoms with Crippen molar-refractivity contribution in [1.29, 1.82) is 0 Å². The van der Waals surface area contributed by atoms with E-state index in [0.717, 1.165) is 50.3 Å². The number of hydrogen-bond acceptors (Lipinski definition) is 4. The number of ether oxygens (including phenoxy) is 1. The fraction of sp³-hybridized carbons (Fsp3) is 0.138. The monoisotopic (exact) mass is 427 g/mol. The molecule has 1 spiro atoms. The molecule has 1 fully saturated rings. The van der Waals surface area contributed by atoms with Gasteiger partial charge in [0, 0.05) is 17.0 Å². The van der Waals surface area contributed by atoms with E-state index in [1.54, 1.807) is 0 Å². The zero-order valence-electron chi connectivity index (χ0n) is 17.5. The molecule has 2 bridgehead atoms. The minimum Gasteiger partial charge on any atom is -0.393 e. The normalized spacial score (nSPS) is 27.0. The summed E-state index contributed by atoms with van der Waals surface area (Å²) in [5.74, 6) is -2.13. The molecular formula is C29H17NO3. The fourth-order valence-electron chi connectivity index (χ4n) is 7.08. The van der Waals surface area contributed by atoms with Crippen LogP contribution in [0, 0.1) is 11.8 Å². The molecule has 1 aliphatic heterocycles. The molecule has 33 heavy (non-hydrogen) atoms. The van der Waals surface area contributed by atoms with Crippen LogP contribution in [0.25, 0.3) is 22.5 Å². The van der Waals surface area contributed by atoms with E-state index in [9.17, 15) is 9.59 Å². The van der Waals surface area contributed by atoms with Crippen LogP contribution in [0.4, 0.5) is 0 Å². The standard InChI is InChI=1S/C29H17NO3/c31-27-23-22-16-10-4-6-12-19(16)29(25(23)28(32)33-27)20-13-7-5-11-17(20)26-24(29)18(22)14-21(30-26)15-8-2-1-3-9-15/h1-14,22-23,25H. The lowest BCUT2D eigenvalue weighted by Gasteiger charge is -2.52. The van der Waals surface area contributed by atoms with E-state index in [4.69, 9.17) is 9.72 Å². The minimum atomic E-state index is -0.747. The Hall–Kier alpha value is -4.05. The van der Waals surface area contributed by atoms with Crippen molar-refractivity contribution in [2.45, 2.75) is 11.3 Å². The maximum Gasteiger partial charge on any atom is 0.319 e. The van der Waals surface area contributed by atoms with Crippen molar-refractivity contribution in [2.24, 2.45) is 11.8 Å². The molecule has 1 saturated heterocycles. The summed E-state index contributed by atoms with van der Waals surface area (Å²) in [7, 11) is 0. The summed E-state index contributed by atoms with van der Waals surface area (Å²) in [6, 6.07) is 28.8. The number of carbonyl (C=O) groups excluding carboxylic acids is 2. The van der Waals surface area contributed by atoms with Crippen molar-refractivity contribution < 1.29 is 14.3 Å². The Morgan fingerprint density at radius 2 is 1.48 bits per heavy atom. The molecule has 4 atom stereocenters. The molecule has 4 heteroatoms. The first-order valence-electron chi connectivity index (χ1n) is 11.3. The molecule has 4 aliphatic carbocycles. The van der Waals surface area contributed by atoms with Crippen LogP contribution < -0.4 is 0 Å². The quantitative estimate of drug-likeness (QED) is 0.322. The van der Waals surface area contributed by atoms with Gasteiger partial charge < -0.3 is 4.74 Å². The average molecular weight is 427 g/mol. The zero-order chi connectivity index (χ0) is 21.9. The third-order valence-corrected chi connectivity index (χ3v) is 8.09. The topological polar surface area (TPSA) is 56.3 Å². The highest BCUT2D eigenvalue weighted by Crippen LogP contribution is 2.70. The lowest BCUT2D eigenvalue weighted by Crippen LogP contribution is -2.53. The van der Waals surface area contributed by atoms with E-state index >= 15 is 0 Å². The Morgan fingerprint density at radius 3 is 2.33 bits per heavy atom. The van der Waals surface area contributed by atoms with Gasteiger partial charge in [-0.25, -0.2) is 4.98 Å². The van der Waals surface area contributed by atoms with Gasteiger partial charge in [0.15, 0.2) is 0 Å². The third-order valence-electron chi connectivity index (χ3n) is 8.09. The van der Waals surface area contributed by atoms with Gasteiger partial charge in [0.25, 0.3) is 0 Å². The van der Waals surface area contributed by atoms with Crippen molar-refractivity contribution in [3.05, 3.63) is 113 Å². The van der Waals surface area contributed by atoms with Crippen LogP contribution in [0.15, 0.2) is 84.9 Å². The van der Waals surface area contributed by atoms with E-state index in [1.165, 1.54) is 0 Å². The number of hydrogen-bond donors (Lipinski definition) is 0. The fourth-order valence-corrected chi connectivity index (χ4v) is 7.08. The smallest absolute Gasteiger partial charge is 0.319 e. The summed E-state index contributed by atoms with van der Waals surface area (Å²) < 4.78 is 5.33. The summed E-state index contributed by atoms with van der Waals surface area (Å²) in [6.07, 6.45) is 0. The highest BCUT2D eigenvalue weighted by atomic mass is 16.6. The second-order valence-corrected chi connectivity index (χ2v) is 9.35. The number of esters is 2. The Kier molecular flexibility index (Phi) is 3.00. The highest BCUT2D eigenvalue weighted by Gasteiger charge is 2.70. The van der Waals surface area contributed by atoms with Crippen LogP contribution in [0.1, 0.15) is 33.7 Å². The second kappa shape index (κ2) is 5.65. The molecule has 4 aromatic rings. The zero-order valence-corrected chi connectivity index (χ0v) is 17.5. The van der Waals surface area contributed by atoms with E-state index in [0.29, 0.717) is 0 Å². The maximum atomic E-state index is 13.3. The molecule has 0 radical (unpaired) electrons. The Balaban J connectivity index is 1.58. The van der Waals surface area contributed by atoms with E-state index in [2.05, 4.69) is 42.5 Å². The van der Waals surface area contributed by atoms with Crippen LogP contribution in [-0.4, -0.2) is 16.9 Å². The largest absolute Gasteiger partial charge is 0.393 e. The number of pyridine rings is 1. The lowest BCUT2D eigenvalue weighted by molar-refractivity contribution is -0.154. The molecule has 1 aromatic heterocycles. The van der Waals surface area contributed by atoms with Gasteiger partial charge in [-0.05, 0) is 33.9 Å². The van der Waals surface area contributed by atoms with Gasteiger partial charge in [-0.3, -0.25) is 9.59 Å². The van der Waals surface area contributed by atoms with Gasteiger partial charge in [-0.2, -0.15) is 0 Å². The van der Waals surface area contributed by atoms with E-state index in [-0.39, 0.29) is 5.92 Å². The molecule has 4 unspecified atom stereocenters. The summed E-state index contributed by atoms with van der Waals surface area (Å²) >= 11 is 0. The summed E-state index contributed by atoms with van der Waals surface area (Å²) in [5, 5.41) is 0. The average Bonchev–Trinajstić information content (AvgIpc) is 3.34. The van der Waals surface area contributed by atoms with Crippen molar-refractivity contribution in [2.75, 3.05) is 0 Å². The molecular weight excluding hydrogens is 410 g/mol. The molecule has 156 valence electrons. The van der Waals surface area contributed by atoms with Gasteiger partial charge >= 0.3 is 11.9 Å². The molecule has 4 nitrogen and oxygen atoms in total. The van der Waals surface area contributed by atoms with Crippen molar-refractivity contribution in [3.63, 3.8) is 0 Å². The van der Waals surface area contributed by atoms with Gasteiger partial charge in [-0.1, -0.05) is 78.9 Å². The SMILES string of the molecule is O=C1OC(=O)C2C1C1c3ccccc3C23c2ccccc2-c2nc(-c4ccccc4)cc1c23. The predicted octanol–water partition coefficient (Wildman–Crippen LogP) is 4.84. The summed E-state index contributed by atoms with van der Waals surface area (Å²) in [5.41, 5.74) is 8.58. The molecule has 0 saturated carbocycles. The van der Waals surface area contributed by atoms with Crippen LogP contribution in [0.5, 0.6) is 0 Å². The minimum absolute atomic E-state index is 0.222. The van der Waals surface area contributed by atoms with E-state index < -0.39 is 29.2 Å². The summed E-state index contributed by atoms with van der Waals surface area (Å²) in [4.78, 5) is 31.5. The van der Waals surface area contributed by atoms with Crippen molar-refractivity contribution >= 4 is 11.9 Å². The van der Waals surface area contributed by atoms with Gasteiger partial charge in [-0.15, -0.1) is 0 Å². The van der Waals surface area contributed by atoms with Crippen molar-refractivity contribution in [3.8, 4) is 22.5 Å². The molecule has 9 rings (SSSR count). The molecule has 0 N–H and O–H groups in total. The van der Waals surface area contributed by atoms with Gasteiger partial charge in [0.2, 0.25) is 0 Å². The Labute approximate surface area is 189 Å². The van der Waals surface area contributed by atoms with Gasteiger partial charge in [0.1, 0.15) is 0 Å². The Morgan fingerprint density at radius 1 is 0.758 bits per heavy atom. The molecule has 5 aliphatic rings. The molecule has 3 aromatic carbocycles. The first kappa shape index (κ1) is 17.5. The maximum absolute atomic E-state index is 13.3. The number of fused-ring (bicyclic) bond motifs is 2. The number of nitrogens with zero attached hydrogens (tertiary/aromatic N) is 1. The highest BCUT2D eigenvalue weighted by molar-refractivity contribution is 6.04. The van der Waals surface area contributed by atoms with Crippen LogP contribution in [0.3, 0.4) is 0 Å². The number of benzene rings is 3. The Bertz CT molecular complexity index is 1560. The predicted molar refractivity (Wildman–Crippen MR) is 121 cm³/mol. The van der Waals surface area contributed by atoms with Crippen LogP contribution in [-0.2, 0) is 19.7 Å². The number of aromatic nitrogens is 1. The first-order chi connectivity index (χ1) is 16.2. The second-order valence-electron chi connectivity index (χ2n) is 9.35. The van der Waals surface area contributed by atoms with Crippen LogP contribution in [0.2, 0.25) is 0 Å². The van der Waals surface area contributed by atoms with Gasteiger partial charge in [0.05, 0.1) is 28.6 Å². The molecule has 2 heterocycles. The van der Waals surface area contributed by atoms with Crippen LogP contribution >= 0.6 is 0 Å². The molecule has 0 amide bonds. The lowest BCUT2D eigenvalue weighted by atomic mass is 9.47. The van der Waals surface area contributed by atoms with E-state index in [1.807, 2.05) is 42.5 Å².